The molecule has 3 aromatic rings. The van der Waals surface area contributed by atoms with E-state index in [0.29, 0.717) is 16.1 Å². The second-order valence-electron chi connectivity index (χ2n) is 6.26. The summed E-state index contributed by atoms with van der Waals surface area (Å²) < 4.78 is 4.99. The maximum atomic E-state index is 12.7. The predicted octanol–water partition coefficient (Wildman–Crippen LogP) is 6.36. The van der Waals surface area contributed by atoms with Crippen molar-refractivity contribution >= 4 is 67.9 Å². The van der Waals surface area contributed by atoms with Crippen LogP contribution in [0.4, 0.5) is 0 Å². The number of thiazole rings is 1. The summed E-state index contributed by atoms with van der Waals surface area (Å²) in [4.78, 5) is 20.2. The highest BCUT2D eigenvalue weighted by Gasteiger charge is 2.27. The van der Waals surface area contributed by atoms with E-state index in [2.05, 4.69) is 20.3 Å². The van der Waals surface area contributed by atoms with E-state index >= 15 is 0 Å². The van der Waals surface area contributed by atoms with E-state index in [-0.39, 0.29) is 5.91 Å². The van der Waals surface area contributed by atoms with E-state index in [9.17, 15) is 4.79 Å². The molecule has 0 unspecified atom stereocenters. The lowest BCUT2D eigenvalue weighted by molar-refractivity contribution is 0.0713. The van der Waals surface area contributed by atoms with Crippen molar-refractivity contribution in [2.45, 2.75) is 18.8 Å². The summed E-state index contributed by atoms with van der Waals surface area (Å²) >= 11 is 18.5. The van der Waals surface area contributed by atoms with E-state index in [0.717, 1.165) is 51.5 Å². The molecule has 1 aromatic carbocycles. The molecular weight excluding hydrogens is 489 g/mol. The summed E-state index contributed by atoms with van der Waals surface area (Å²) in [7, 11) is 0. The molecule has 3 heterocycles. The number of piperidine rings is 1. The first-order chi connectivity index (χ1) is 13.0. The smallest absolute Gasteiger partial charge is 0.253 e. The van der Waals surface area contributed by atoms with Crippen molar-refractivity contribution < 1.29 is 4.79 Å². The molecule has 27 heavy (non-hydrogen) atoms. The van der Waals surface area contributed by atoms with Gasteiger partial charge in [-0.05, 0) is 42.6 Å². The highest BCUT2D eigenvalue weighted by molar-refractivity contribution is 9.10. The van der Waals surface area contributed by atoms with Gasteiger partial charge < -0.3 is 4.90 Å². The topological polar surface area (TPSA) is 46.1 Å². The van der Waals surface area contributed by atoms with Gasteiger partial charge in [-0.1, -0.05) is 45.2 Å². The summed E-state index contributed by atoms with van der Waals surface area (Å²) in [6.45, 7) is 1.47. The van der Waals surface area contributed by atoms with Crippen LogP contribution < -0.4 is 0 Å². The molecule has 0 aliphatic carbocycles. The molecule has 140 valence electrons. The fraction of sp³-hybridized carbons (Fsp3) is 0.278. The normalized spacial score (nSPS) is 15.3. The van der Waals surface area contributed by atoms with Crippen LogP contribution in [-0.2, 0) is 0 Å². The Morgan fingerprint density at radius 1 is 1.26 bits per heavy atom. The lowest BCUT2D eigenvalue weighted by Gasteiger charge is -2.31. The van der Waals surface area contributed by atoms with Crippen molar-refractivity contribution in [3.8, 4) is 10.6 Å². The maximum absolute atomic E-state index is 12.7. The van der Waals surface area contributed by atoms with Gasteiger partial charge in [0.05, 0.1) is 20.6 Å². The summed E-state index contributed by atoms with van der Waals surface area (Å²) in [5.41, 5.74) is 1.55. The molecule has 9 heteroatoms. The number of hydrogen-bond donors (Lipinski definition) is 0. The average Bonchev–Trinajstić information content (AvgIpc) is 3.29. The lowest BCUT2D eigenvalue weighted by Crippen LogP contribution is -2.37. The minimum Gasteiger partial charge on any atom is -0.339 e. The molecule has 1 aliphatic heterocycles. The maximum Gasteiger partial charge on any atom is 0.253 e. The number of halogens is 3. The molecule has 0 bridgehead atoms. The minimum atomic E-state index is 0.0839. The van der Waals surface area contributed by atoms with Gasteiger partial charge in [-0.15, -0.1) is 11.3 Å². The van der Waals surface area contributed by atoms with Crippen LogP contribution in [0.1, 0.15) is 34.1 Å². The van der Waals surface area contributed by atoms with E-state index in [1.54, 1.807) is 11.3 Å². The van der Waals surface area contributed by atoms with E-state index < -0.39 is 0 Å². The van der Waals surface area contributed by atoms with Crippen LogP contribution in [0.3, 0.4) is 0 Å². The van der Waals surface area contributed by atoms with Crippen LogP contribution in [-0.4, -0.2) is 33.3 Å². The SMILES string of the molecule is O=C(c1cccc(Br)c1)N1CCC(c2nc(-c3snc(Cl)c3Cl)cs2)CC1. The van der Waals surface area contributed by atoms with Gasteiger partial charge in [0, 0.05) is 34.4 Å². The van der Waals surface area contributed by atoms with Crippen molar-refractivity contribution in [3.05, 3.63) is 54.9 Å². The van der Waals surface area contributed by atoms with Crippen LogP contribution in [0.5, 0.6) is 0 Å². The average molecular weight is 503 g/mol. The Kier molecular flexibility index (Phi) is 5.85. The fourth-order valence-electron chi connectivity index (χ4n) is 3.13. The molecule has 4 nitrogen and oxygen atoms in total. The highest BCUT2D eigenvalue weighted by Crippen LogP contribution is 2.39. The zero-order valence-electron chi connectivity index (χ0n) is 14.0. The molecule has 2 aromatic heterocycles. The number of likely N-dealkylation sites (tertiary alicyclic amines) is 1. The van der Waals surface area contributed by atoms with Gasteiger partial charge in [0.2, 0.25) is 0 Å². The Balaban J connectivity index is 1.42. The summed E-state index contributed by atoms with van der Waals surface area (Å²) in [5, 5.41) is 3.88. The molecule has 0 atom stereocenters. The second kappa shape index (κ2) is 8.17. The number of carbonyl (C=O) groups excluding carboxylic acids is 1. The number of amides is 1. The minimum absolute atomic E-state index is 0.0839. The van der Waals surface area contributed by atoms with Crippen LogP contribution in [0, 0.1) is 0 Å². The number of nitrogens with zero attached hydrogens (tertiary/aromatic N) is 3. The number of benzene rings is 1. The molecule has 0 N–H and O–H groups in total. The predicted molar refractivity (Wildman–Crippen MR) is 115 cm³/mol. The van der Waals surface area contributed by atoms with Crippen molar-refractivity contribution in [1.29, 1.82) is 0 Å². The Bertz CT molecular complexity index is 983. The van der Waals surface area contributed by atoms with Gasteiger partial charge in [-0.25, -0.2) is 4.98 Å². The van der Waals surface area contributed by atoms with Crippen molar-refractivity contribution in [2.75, 3.05) is 13.1 Å². The largest absolute Gasteiger partial charge is 0.339 e. The van der Waals surface area contributed by atoms with Gasteiger partial charge in [0.15, 0.2) is 5.15 Å². The molecule has 1 saturated heterocycles. The first-order valence-electron chi connectivity index (χ1n) is 8.34. The lowest BCUT2D eigenvalue weighted by atomic mass is 9.97. The number of carbonyl (C=O) groups is 1. The van der Waals surface area contributed by atoms with Crippen molar-refractivity contribution in [3.63, 3.8) is 0 Å². The van der Waals surface area contributed by atoms with Crippen LogP contribution in [0.25, 0.3) is 10.6 Å². The molecule has 0 radical (unpaired) electrons. The van der Waals surface area contributed by atoms with Gasteiger partial charge in [-0.3, -0.25) is 4.79 Å². The Labute approximate surface area is 183 Å². The summed E-state index contributed by atoms with van der Waals surface area (Å²) in [6, 6.07) is 7.53. The number of aromatic nitrogens is 2. The van der Waals surface area contributed by atoms with Gasteiger partial charge in [-0.2, -0.15) is 4.37 Å². The quantitative estimate of drug-likeness (QED) is 0.418. The molecular formula is C18H14BrCl2N3OS2. The van der Waals surface area contributed by atoms with Crippen LogP contribution in [0.2, 0.25) is 10.2 Å². The van der Waals surface area contributed by atoms with Crippen LogP contribution in [0.15, 0.2) is 34.1 Å². The fourth-order valence-corrected chi connectivity index (χ4v) is 5.77. The van der Waals surface area contributed by atoms with Gasteiger partial charge in [0.25, 0.3) is 5.91 Å². The molecule has 1 amide bonds. The third kappa shape index (κ3) is 4.07. The first-order valence-corrected chi connectivity index (χ1v) is 11.5. The third-order valence-corrected chi connectivity index (χ3v) is 7.88. The zero-order valence-corrected chi connectivity index (χ0v) is 18.7. The van der Waals surface area contributed by atoms with Crippen molar-refractivity contribution in [1.82, 2.24) is 14.3 Å². The van der Waals surface area contributed by atoms with E-state index in [1.807, 2.05) is 34.5 Å². The molecule has 1 aliphatic rings. The molecule has 0 spiro atoms. The van der Waals surface area contributed by atoms with Gasteiger partial charge >= 0.3 is 0 Å². The van der Waals surface area contributed by atoms with Crippen molar-refractivity contribution in [2.24, 2.45) is 0 Å². The Hall–Kier alpha value is -0.990. The standard InChI is InChI=1S/C18H14BrCl2N3OS2/c19-12-3-1-2-11(8-12)18(25)24-6-4-10(5-7-24)17-22-13(9-26-17)15-14(20)16(21)23-27-15/h1-3,8-10H,4-7H2. The highest BCUT2D eigenvalue weighted by atomic mass is 79.9. The monoisotopic (exact) mass is 501 g/mol. The zero-order chi connectivity index (χ0) is 19.0. The molecule has 1 fully saturated rings. The molecule has 0 saturated carbocycles. The number of hydrogen-bond acceptors (Lipinski definition) is 5. The summed E-state index contributed by atoms with van der Waals surface area (Å²) in [5.74, 6) is 0.443. The van der Waals surface area contributed by atoms with Gasteiger partial charge in [0.1, 0.15) is 0 Å². The third-order valence-electron chi connectivity index (χ3n) is 4.56. The second-order valence-corrected chi connectivity index (χ2v) is 9.58. The van der Waals surface area contributed by atoms with Crippen LogP contribution >= 0.6 is 62.0 Å². The number of rotatable bonds is 3. The molecule has 4 rings (SSSR count). The Morgan fingerprint density at radius 3 is 2.70 bits per heavy atom. The summed E-state index contributed by atoms with van der Waals surface area (Å²) in [6.07, 6.45) is 1.81. The Morgan fingerprint density at radius 2 is 2.04 bits per heavy atom. The van der Waals surface area contributed by atoms with E-state index in [4.69, 9.17) is 28.2 Å². The van der Waals surface area contributed by atoms with E-state index in [1.165, 1.54) is 11.5 Å². The first kappa shape index (κ1) is 19.3.